The highest BCUT2D eigenvalue weighted by molar-refractivity contribution is 6.04. The summed E-state index contributed by atoms with van der Waals surface area (Å²) in [5.74, 6) is -0.575. The molecule has 0 spiro atoms. The van der Waals surface area contributed by atoms with E-state index < -0.39 is 12.0 Å². The van der Waals surface area contributed by atoms with Gasteiger partial charge in [0, 0.05) is 17.0 Å². The second kappa shape index (κ2) is 8.68. The van der Waals surface area contributed by atoms with Crippen molar-refractivity contribution in [1.82, 2.24) is 15.1 Å². The highest BCUT2D eigenvalue weighted by Crippen LogP contribution is 2.40. The predicted octanol–water partition coefficient (Wildman–Crippen LogP) is 3.94. The number of hydrogen-bond donors (Lipinski definition) is 2. The Morgan fingerprint density at radius 3 is 2.29 bits per heavy atom. The lowest BCUT2D eigenvalue weighted by Gasteiger charge is -2.32. The first-order chi connectivity index (χ1) is 16.6. The van der Waals surface area contributed by atoms with E-state index in [1.807, 2.05) is 55.5 Å². The van der Waals surface area contributed by atoms with E-state index in [2.05, 4.69) is 16.7 Å². The zero-order valence-corrected chi connectivity index (χ0v) is 18.4. The monoisotopic (exact) mass is 447 g/mol. The number of nitrogens with one attached hydrogen (secondary N) is 2. The van der Waals surface area contributed by atoms with Crippen LogP contribution in [0.3, 0.4) is 0 Å². The summed E-state index contributed by atoms with van der Waals surface area (Å²) in [4.78, 5) is 26.4. The molecule has 166 valence electrons. The smallest absolute Gasteiger partial charge is 0.251 e. The summed E-state index contributed by atoms with van der Waals surface area (Å²) in [5.41, 5.74) is 4.18. The SMILES string of the molecule is Cc1nn(-c2ccccc2)c2c1[C@@H](c1ccc(C#N)cc1)[C@H](NC(=O)c1ccccc1)C(=O)N2. The molecule has 0 unspecified atom stereocenters. The maximum absolute atomic E-state index is 13.4. The maximum atomic E-state index is 13.4. The largest absolute Gasteiger partial charge is 0.339 e. The molecule has 0 bridgehead atoms. The molecule has 2 N–H and O–H groups in total. The van der Waals surface area contributed by atoms with Crippen molar-refractivity contribution in [2.45, 2.75) is 18.9 Å². The lowest BCUT2D eigenvalue weighted by Crippen LogP contribution is -2.50. The van der Waals surface area contributed by atoms with Crippen molar-refractivity contribution in [2.24, 2.45) is 0 Å². The third-order valence-corrected chi connectivity index (χ3v) is 6.00. The van der Waals surface area contributed by atoms with E-state index in [-0.39, 0.29) is 11.8 Å². The number of fused-ring (bicyclic) bond motifs is 1. The third-order valence-electron chi connectivity index (χ3n) is 6.00. The third kappa shape index (κ3) is 3.71. The molecule has 1 aliphatic rings. The number of carbonyl (C=O) groups excluding carboxylic acids is 2. The number of aromatic nitrogens is 2. The zero-order chi connectivity index (χ0) is 23.7. The fraction of sp³-hybridized carbons (Fsp3) is 0.111. The van der Waals surface area contributed by atoms with Crippen molar-refractivity contribution in [3.63, 3.8) is 0 Å². The van der Waals surface area contributed by atoms with Crippen LogP contribution in [0.2, 0.25) is 0 Å². The number of nitrogens with zero attached hydrogens (tertiary/aromatic N) is 3. The summed E-state index contributed by atoms with van der Waals surface area (Å²) in [6.07, 6.45) is 0. The summed E-state index contributed by atoms with van der Waals surface area (Å²) < 4.78 is 1.72. The Balaban J connectivity index is 1.63. The van der Waals surface area contributed by atoms with Crippen LogP contribution < -0.4 is 10.6 Å². The zero-order valence-electron chi connectivity index (χ0n) is 18.4. The quantitative estimate of drug-likeness (QED) is 0.495. The summed E-state index contributed by atoms with van der Waals surface area (Å²) in [5, 5.41) is 19.8. The molecular formula is C27H21N5O2. The average molecular weight is 447 g/mol. The topological polar surface area (TPSA) is 99.8 Å². The molecule has 34 heavy (non-hydrogen) atoms. The minimum atomic E-state index is -0.861. The van der Waals surface area contributed by atoms with Crippen LogP contribution in [0.1, 0.15) is 38.7 Å². The number of amides is 2. The number of benzene rings is 3. The first kappa shape index (κ1) is 21.2. The van der Waals surface area contributed by atoms with Gasteiger partial charge in [-0.05, 0) is 48.9 Å². The molecule has 0 radical (unpaired) electrons. The highest BCUT2D eigenvalue weighted by atomic mass is 16.2. The van der Waals surface area contributed by atoms with Crippen molar-refractivity contribution in [2.75, 3.05) is 5.32 Å². The van der Waals surface area contributed by atoms with Gasteiger partial charge in [-0.15, -0.1) is 0 Å². The Bertz CT molecular complexity index is 1400. The van der Waals surface area contributed by atoms with Crippen molar-refractivity contribution in [3.8, 4) is 11.8 Å². The normalized spacial score (nSPS) is 16.8. The number of para-hydroxylation sites is 1. The Labute approximate surface area is 196 Å². The summed E-state index contributed by atoms with van der Waals surface area (Å²) in [6, 6.07) is 26.7. The van der Waals surface area contributed by atoms with E-state index in [1.165, 1.54) is 0 Å². The van der Waals surface area contributed by atoms with E-state index >= 15 is 0 Å². The molecule has 0 aliphatic carbocycles. The minimum absolute atomic E-state index is 0.330. The fourth-order valence-electron chi connectivity index (χ4n) is 4.39. The Morgan fingerprint density at radius 2 is 1.65 bits per heavy atom. The van der Waals surface area contributed by atoms with E-state index in [9.17, 15) is 14.9 Å². The van der Waals surface area contributed by atoms with E-state index in [0.717, 1.165) is 22.5 Å². The molecule has 7 nitrogen and oxygen atoms in total. The number of carbonyl (C=O) groups is 2. The lowest BCUT2D eigenvalue weighted by molar-refractivity contribution is -0.118. The van der Waals surface area contributed by atoms with Crippen molar-refractivity contribution in [3.05, 3.63) is 113 Å². The van der Waals surface area contributed by atoms with Gasteiger partial charge in [0.2, 0.25) is 5.91 Å². The van der Waals surface area contributed by atoms with Gasteiger partial charge in [-0.3, -0.25) is 9.59 Å². The van der Waals surface area contributed by atoms with Crippen LogP contribution in [0, 0.1) is 18.3 Å². The molecule has 1 aromatic heterocycles. The first-order valence-corrected chi connectivity index (χ1v) is 10.9. The molecule has 1 aliphatic heterocycles. The van der Waals surface area contributed by atoms with Crippen LogP contribution in [0.4, 0.5) is 5.82 Å². The molecule has 0 saturated carbocycles. The van der Waals surface area contributed by atoms with Gasteiger partial charge in [0.15, 0.2) is 0 Å². The Kier molecular flexibility index (Phi) is 5.40. The van der Waals surface area contributed by atoms with Gasteiger partial charge < -0.3 is 10.6 Å². The minimum Gasteiger partial charge on any atom is -0.339 e. The van der Waals surface area contributed by atoms with Crippen LogP contribution in [0.15, 0.2) is 84.9 Å². The van der Waals surface area contributed by atoms with Crippen LogP contribution in [-0.2, 0) is 4.79 Å². The lowest BCUT2D eigenvalue weighted by atomic mass is 9.81. The number of anilines is 1. The van der Waals surface area contributed by atoms with Gasteiger partial charge in [-0.1, -0.05) is 48.5 Å². The van der Waals surface area contributed by atoms with E-state index in [0.29, 0.717) is 16.9 Å². The molecule has 3 aromatic carbocycles. The number of aryl methyl sites for hydroxylation is 1. The fourth-order valence-corrected chi connectivity index (χ4v) is 4.39. The molecule has 5 rings (SSSR count). The summed E-state index contributed by atoms with van der Waals surface area (Å²) in [6.45, 7) is 1.89. The summed E-state index contributed by atoms with van der Waals surface area (Å²) in [7, 11) is 0. The molecule has 2 heterocycles. The van der Waals surface area contributed by atoms with Gasteiger partial charge in [0.1, 0.15) is 11.9 Å². The van der Waals surface area contributed by atoms with Crippen LogP contribution in [-0.4, -0.2) is 27.6 Å². The summed E-state index contributed by atoms with van der Waals surface area (Å²) >= 11 is 0. The molecule has 2 amide bonds. The van der Waals surface area contributed by atoms with Crippen LogP contribution in [0.25, 0.3) is 5.69 Å². The van der Waals surface area contributed by atoms with Gasteiger partial charge in [-0.25, -0.2) is 4.68 Å². The number of hydrogen-bond acceptors (Lipinski definition) is 4. The second-order valence-corrected chi connectivity index (χ2v) is 8.11. The van der Waals surface area contributed by atoms with Gasteiger partial charge in [0.25, 0.3) is 5.91 Å². The standard InChI is InChI=1S/C27H21N5O2/c1-17-22-23(19-14-12-18(16-28)13-15-19)24(29-26(33)20-8-4-2-5-9-20)27(34)30-25(22)32(31-17)21-10-6-3-7-11-21/h2-15,23-24H,1H3,(H,29,33)(H,30,34)/t23-,24+/m1/s1. The molecule has 2 atom stereocenters. The highest BCUT2D eigenvalue weighted by Gasteiger charge is 2.41. The molecule has 0 saturated heterocycles. The maximum Gasteiger partial charge on any atom is 0.251 e. The number of nitriles is 1. The Morgan fingerprint density at radius 1 is 1.00 bits per heavy atom. The van der Waals surface area contributed by atoms with Crippen molar-refractivity contribution < 1.29 is 9.59 Å². The number of rotatable bonds is 4. The van der Waals surface area contributed by atoms with Gasteiger partial charge in [0.05, 0.1) is 23.0 Å². The van der Waals surface area contributed by atoms with Crippen molar-refractivity contribution >= 4 is 17.6 Å². The van der Waals surface area contributed by atoms with E-state index in [4.69, 9.17) is 5.10 Å². The van der Waals surface area contributed by atoms with Crippen LogP contribution >= 0.6 is 0 Å². The average Bonchev–Trinajstić information content (AvgIpc) is 3.21. The van der Waals surface area contributed by atoms with Gasteiger partial charge in [-0.2, -0.15) is 10.4 Å². The Hall–Kier alpha value is -4.70. The predicted molar refractivity (Wildman–Crippen MR) is 128 cm³/mol. The first-order valence-electron chi connectivity index (χ1n) is 10.9. The molecule has 0 fully saturated rings. The molecule has 7 heteroatoms. The van der Waals surface area contributed by atoms with E-state index in [1.54, 1.807) is 41.1 Å². The van der Waals surface area contributed by atoms with Gasteiger partial charge >= 0.3 is 0 Å². The second-order valence-electron chi connectivity index (χ2n) is 8.11. The molecular weight excluding hydrogens is 426 g/mol. The molecule has 4 aromatic rings. The van der Waals surface area contributed by atoms with Crippen molar-refractivity contribution in [1.29, 1.82) is 5.26 Å². The van der Waals surface area contributed by atoms with Crippen LogP contribution in [0.5, 0.6) is 0 Å².